The Balaban J connectivity index is -0.0000000160. The third kappa shape index (κ3) is 238. The van der Waals surface area contributed by atoms with Crippen LogP contribution in [0, 0.1) is 0 Å². The molecule has 0 aromatic rings. The SMILES string of the molecule is O=P(O)(O)O.O=P(O)(O)O.O=P(O)(O)O.[KH].[KH].[KH].[KH].[KH]. The number of phosphoric acid groups is 3. The van der Waals surface area contributed by atoms with Crippen LogP contribution < -0.4 is 0 Å². The predicted molar refractivity (Wildman–Crippen MR) is 78.5 cm³/mol. The van der Waals surface area contributed by atoms with Crippen LogP contribution in [0.25, 0.3) is 0 Å². The molecular formula is H14K5O12P3. The van der Waals surface area contributed by atoms with E-state index in [2.05, 4.69) is 0 Å². The van der Waals surface area contributed by atoms with Crippen LogP contribution in [0.1, 0.15) is 0 Å². The van der Waals surface area contributed by atoms with Gasteiger partial charge in [0, 0.05) is 0 Å². The molecule has 0 bridgehead atoms. The third-order valence-corrected chi connectivity index (χ3v) is 0. The van der Waals surface area contributed by atoms with E-state index in [1.807, 2.05) is 0 Å². The fourth-order valence-electron chi connectivity index (χ4n) is 0. The molecule has 0 aliphatic heterocycles. The van der Waals surface area contributed by atoms with Crippen molar-refractivity contribution >= 4 is 280 Å². The molecule has 0 rings (SSSR count). The molecule has 0 atom stereocenters. The number of hydrogen-bond acceptors (Lipinski definition) is 3. The fourth-order valence-corrected chi connectivity index (χ4v) is 0. The Morgan fingerprint density at radius 3 is 0.350 bits per heavy atom. The van der Waals surface area contributed by atoms with E-state index in [1.165, 1.54) is 0 Å². The van der Waals surface area contributed by atoms with E-state index >= 15 is 0 Å². The van der Waals surface area contributed by atoms with Gasteiger partial charge in [-0.25, -0.2) is 13.7 Å². The van der Waals surface area contributed by atoms with Crippen molar-refractivity contribution in [3.63, 3.8) is 0 Å². The van der Waals surface area contributed by atoms with E-state index < -0.39 is 23.5 Å². The van der Waals surface area contributed by atoms with Crippen molar-refractivity contribution in [1.29, 1.82) is 0 Å². The molecular weight excluding hydrogens is 480 g/mol. The topological polar surface area (TPSA) is 233 Å². The average molecular weight is 495 g/mol. The normalized spacial score (nSPS) is 8.85. The van der Waals surface area contributed by atoms with E-state index in [1.54, 1.807) is 0 Å². The maximum atomic E-state index is 8.88. The molecule has 0 heterocycles. The Labute approximate surface area is 327 Å². The van der Waals surface area contributed by atoms with Gasteiger partial charge < -0.3 is 44.0 Å². The van der Waals surface area contributed by atoms with Crippen molar-refractivity contribution in [3.05, 3.63) is 0 Å². The Morgan fingerprint density at radius 2 is 0.350 bits per heavy atom. The monoisotopic (exact) mass is 494 g/mol. The van der Waals surface area contributed by atoms with Crippen molar-refractivity contribution in [1.82, 2.24) is 0 Å². The quantitative estimate of drug-likeness (QED) is 0.113. The van der Waals surface area contributed by atoms with Crippen LogP contribution in [0.4, 0.5) is 0 Å². The average Bonchev–Trinajstić information content (AvgIpc) is 1.41. The second-order valence-electron chi connectivity index (χ2n) is 1.54. The summed E-state index contributed by atoms with van der Waals surface area (Å²) in [5, 5.41) is 0. The summed E-state index contributed by atoms with van der Waals surface area (Å²) in [6, 6.07) is 0. The van der Waals surface area contributed by atoms with Gasteiger partial charge in [-0.3, -0.25) is 0 Å². The second-order valence-corrected chi connectivity index (χ2v) is 4.62. The summed E-state index contributed by atoms with van der Waals surface area (Å²) in [5.74, 6) is 0. The first-order valence-corrected chi connectivity index (χ1v) is 7.04. The van der Waals surface area contributed by atoms with Gasteiger partial charge in [-0.2, -0.15) is 0 Å². The summed E-state index contributed by atoms with van der Waals surface area (Å²) < 4.78 is 26.6. The van der Waals surface area contributed by atoms with Crippen LogP contribution in [0.3, 0.4) is 0 Å². The molecule has 0 aliphatic rings. The fraction of sp³-hybridized carbons (Fsp3) is 0. The molecule has 0 aromatic carbocycles. The van der Waals surface area contributed by atoms with Gasteiger partial charge in [-0.1, -0.05) is 0 Å². The summed E-state index contributed by atoms with van der Waals surface area (Å²) in [6.07, 6.45) is 0. The van der Waals surface area contributed by atoms with Gasteiger partial charge in [0.2, 0.25) is 0 Å². The minimum atomic E-state index is -4.64. The van der Waals surface area contributed by atoms with Gasteiger partial charge in [0.1, 0.15) is 0 Å². The van der Waals surface area contributed by atoms with Crippen LogP contribution in [0.5, 0.6) is 0 Å². The zero-order chi connectivity index (χ0) is 13.5. The Morgan fingerprint density at radius 1 is 0.350 bits per heavy atom. The Bertz CT molecular complexity index is 213. The third-order valence-electron chi connectivity index (χ3n) is 0. The number of hydrogen-bond donors (Lipinski definition) is 9. The zero-order valence-corrected chi connectivity index (χ0v) is 9.27. The number of rotatable bonds is 0. The molecule has 0 aromatic heterocycles. The van der Waals surface area contributed by atoms with Gasteiger partial charge in [0.05, 0.1) is 0 Å². The molecule has 0 unspecified atom stereocenters. The van der Waals surface area contributed by atoms with Gasteiger partial charge in [-0.15, -0.1) is 0 Å². The van der Waals surface area contributed by atoms with Crippen LogP contribution in [0.15, 0.2) is 0 Å². The Hall–Kier alpha value is 8.51. The first kappa shape index (κ1) is 51.3. The molecule has 0 saturated carbocycles. The van der Waals surface area contributed by atoms with Crippen molar-refractivity contribution in [2.45, 2.75) is 0 Å². The van der Waals surface area contributed by atoms with Crippen LogP contribution in [0.2, 0.25) is 0 Å². The summed E-state index contributed by atoms with van der Waals surface area (Å²) in [5.41, 5.74) is 0. The van der Waals surface area contributed by atoms with Crippen molar-refractivity contribution in [2.75, 3.05) is 0 Å². The molecule has 0 aliphatic carbocycles. The summed E-state index contributed by atoms with van der Waals surface area (Å²) in [4.78, 5) is 64.7. The van der Waals surface area contributed by atoms with Crippen molar-refractivity contribution < 1.29 is 57.7 Å². The summed E-state index contributed by atoms with van der Waals surface area (Å²) in [6.45, 7) is 0. The predicted octanol–water partition coefficient (Wildman–Crippen LogP) is -6.03. The van der Waals surface area contributed by atoms with Gasteiger partial charge in [0.25, 0.3) is 0 Å². The zero-order valence-electron chi connectivity index (χ0n) is 6.59. The van der Waals surface area contributed by atoms with Gasteiger partial charge in [0.15, 0.2) is 0 Å². The molecule has 20 heavy (non-hydrogen) atoms. The second kappa shape index (κ2) is 27.5. The molecule has 9 N–H and O–H groups in total. The standard InChI is InChI=1S/5K.3H3O4P.5H/c;;;;;3*1-5(2,3)4;;;;;/h;;;;;3*(H3,1,2,3,4);;;;;. The van der Waals surface area contributed by atoms with Crippen LogP contribution in [-0.4, -0.2) is 301 Å². The Kier molecular flexibility index (Phi) is 70.6. The molecule has 0 spiro atoms. The van der Waals surface area contributed by atoms with E-state index in [0.29, 0.717) is 0 Å². The van der Waals surface area contributed by atoms with Gasteiger partial charge in [-0.05, 0) is 0 Å². The summed E-state index contributed by atoms with van der Waals surface area (Å²) in [7, 11) is -13.9. The van der Waals surface area contributed by atoms with E-state index in [0.717, 1.165) is 0 Å². The first-order valence-electron chi connectivity index (χ1n) is 2.35. The molecule has 0 radical (unpaired) electrons. The molecule has 0 fully saturated rings. The van der Waals surface area contributed by atoms with E-state index in [-0.39, 0.29) is 257 Å². The maximum absolute atomic E-state index is 8.88. The molecule has 20 heteroatoms. The van der Waals surface area contributed by atoms with Crippen molar-refractivity contribution in [3.8, 4) is 0 Å². The first-order chi connectivity index (χ1) is 6.00. The molecule has 0 amide bonds. The van der Waals surface area contributed by atoms with Crippen molar-refractivity contribution in [2.24, 2.45) is 0 Å². The molecule has 106 valence electrons. The molecule has 0 saturated heterocycles. The van der Waals surface area contributed by atoms with E-state index in [9.17, 15) is 0 Å². The van der Waals surface area contributed by atoms with Crippen LogP contribution >= 0.6 is 23.5 Å². The molecule has 12 nitrogen and oxygen atoms in total. The van der Waals surface area contributed by atoms with E-state index in [4.69, 9.17) is 57.7 Å². The summed E-state index contributed by atoms with van der Waals surface area (Å²) >= 11 is 0. The minimum absolute atomic E-state index is 0. The van der Waals surface area contributed by atoms with Gasteiger partial charge >= 0.3 is 280 Å². The van der Waals surface area contributed by atoms with Crippen LogP contribution in [-0.2, 0) is 13.7 Å².